The zero-order valence-electron chi connectivity index (χ0n) is 10.3. The summed E-state index contributed by atoms with van der Waals surface area (Å²) in [5, 5.41) is 0.981. The highest BCUT2D eigenvalue weighted by atomic mass is 32.2. The lowest BCUT2D eigenvalue weighted by Crippen LogP contribution is -2.13. The molecule has 0 unspecified atom stereocenters. The van der Waals surface area contributed by atoms with Gasteiger partial charge in [0.1, 0.15) is 11.1 Å². The molecule has 94 valence electrons. The zero-order chi connectivity index (χ0) is 13.1. The van der Waals surface area contributed by atoms with Gasteiger partial charge in [0, 0.05) is 12.0 Å². The lowest BCUT2D eigenvalue weighted by molar-refractivity contribution is -0.111. The molecule has 0 aromatic heterocycles. The van der Waals surface area contributed by atoms with E-state index in [0.29, 0.717) is 6.42 Å². The van der Waals surface area contributed by atoms with Gasteiger partial charge in [-0.3, -0.25) is 9.79 Å². The molecule has 2 aromatic carbocycles. The second-order valence-corrected chi connectivity index (χ2v) is 5.42. The summed E-state index contributed by atoms with van der Waals surface area (Å²) in [7, 11) is 0. The molecule has 0 bridgehead atoms. The summed E-state index contributed by atoms with van der Waals surface area (Å²) in [6.45, 7) is 0. The first-order valence-electron chi connectivity index (χ1n) is 6.22. The van der Waals surface area contributed by atoms with Gasteiger partial charge in [-0.05, 0) is 17.3 Å². The monoisotopic (exact) mass is 267 g/mol. The van der Waals surface area contributed by atoms with E-state index in [2.05, 4.69) is 4.99 Å². The number of hydrogen-bond donors (Lipinski definition) is 0. The van der Waals surface area contributed by atoms with Crippen molar-refractivity contribution in [1.82, 2.24) is 0 Å². The Morgan fingerprint density at radius 1 is 0.947 bits per heavy atom. The Balaban J connectivity index is 1.80. The summed E-state index contributed by atoms with van der Waals surface area (Å²) >= 11 is 1.26. The fourth-order valence-corrected chi connectivity index (χ4v) is 2.96. The average Bonchev–Trinajstić information content (AvgIpc) is 2.82. The SMILES string of the molecule is O=C1SC(c2ccccc2)=N[C@@H]1Cc1ccccc1. The number of carbonyl (C=O) groups excluding carboxylic acids is 1. The molecule has 1 aliphatic heterocycles. The number of aliphatic imine (C=N–C) groups is 1. The molecule has 2 aromatic rings. The van der Waals surface area contributed by atoms with Gasteiger partial charge in [-0.2, -0.15) is 0 Å². The molecule has 1 heterocycles. The summed E-state index contributed by atoms with van der Waals surface area (Å²) in [6.07, 6.45) is 0.684. The Labute approximate surface area is 116 Å². The van der Waals surface area contributed by atoms with Crippen LogP contribution in [0.5, 0.6) is 0 Å². The molecule has 0 aliphatic carbocycles. The van der Waals surface area contributed by atoms with Crippen LogP contribution in [0.25, 0.3) is 0 Å². The first-order chi connectivity index (χ1) is 9.33. The Bertz CT molecular complexity index is 607. The Morgan fingerprint density at radius 3 is 2.26 bits per heavy atom. The second-order valence-electron chi connectivity index (χ2n) is 4.43. The van der Waals surface area contributed by atoms with Crippen molar-refractivity contribution in [3.8, 4) is 0 Å². The van der Waals surface area contributed by atoms with Gasteiger partial charge >= 0.3 is 0 Å². The molecule has 3 heteroatoms. The van der Waals surface area contributed by atoms with Crippen LogP contribution in [0.1, 0.15) is 11.1 Å². The summed E-state index contributed by atoms with van der Waals surface area (Å²) in [6, 6.07) is 19.7. The molecule has 19 heavy (non-hydrogen) atoms. The number of carbonyl (C=O) groups is 1. The van der Waals surface area contributed by atoms with E-state index < -0.39 is 0 Å². The first-order valence-corrected chi connectivity index (χ1v) is 7.03. The van der Waals surface area contributed by atoms with Crippen LogP contribution in [0.4, 0.5) is 0 Å². The number of thioether (sulfide) groups is 1. The smallest absolute Gasteiger partial charge is 0.220 e. The number of benzene rings is 2. The van der Waals surface area contributed by atoms with E-state index in [9.17, 15) is 4.79 Å². The molecule has 0 fully saturated rings. The Hall–Kier alpha value is -1.87. The molecule has 0 saturated carbocycles. The van der Waals surface area contributed by atoms with Crippen molar-refractivity contribution in [1.29, 1.82) is 0 Å². The van der Waals surface area contributed by atoms with Gasteiger partial charge < -0.3 is 0 Å². The molecule has 0 radical (unpaired) electrons. The third-order valence-corrected chi connectivity index (χ3v) is 4.04. The quantitative estimate of drug-likeness (QED) is 0.853. The average molecular weight is 267 g/mol. The lowest BCUT2D eigenvalue weighted by Gasteiger charge is -2.03. The Morgan fingerprint density at radius 2 is 1.58 bits per heavy atom. The van der Waals surface area contributed by atoms with Gasteiger partial charge in [-0.15, -0.1) is 0 Å². The second kappa shape index (κ2) is 5.41. The fourth-order valence-electron chi connectivity index (χ4n) is 2.06. The van der Waals surface area contributed by atoms with Crippen LogP contribution in [-0.2, 0) is 11.2 Å². The minimum atomic E-state index is -0.248. The predicted molar refractivity (Wildman–Crippen MR) is 79.5 cm³/mol. The van der Waals surface area contributed by atoms with Gasteiger partial charge in [-0.1, -0.05) is 60.7 Å². The first kappa shape index (κ1) is 12.2. The van der Waals surface area contributed by atoms with E-state index in [0.717, 1.165) is 16.2 Å². The molecule has 0 saturated heterocycles. The third kappa shape index (κ3) is 2.76. The highest BCUT2D eigenvalue weighted by molar-refractivity contribution is 8.27. The number of rotatable bonds is 3. The highest BCUT2D eigenvalue weighted by Crippen LogP contribution is 2.26. The fraction of sp³-hybridized carbons (Fsp3) is 0.125. The molecule has 0 spiro atoms. The largest absolute Gasteiger partial charge is 0.284 e. The van der Waals surface area contributed by atoms with Crippen LogP contribution >= 0.6 is 11.8 Å². The van der Waals surface area contributed by atoms with Gasteiger partial charge in [-0.25, -0.2) is 0 Å². The van der Waals surface area contributed by atoms with Crippen LogP contribution in [0, 0.1) is 0 Å². The van der Waals surface area contributed by atoms with Gasteiger partial charge in [0.15, 0.2) is 0 Å². The van der Waals surface area contributed by atoms with Crippen molar-refractivity contribution in [2.24, 2.45) is 4.99 Å². The van der Waals surface area contributed by atoms with Crippen LogP contribution in [0.15, 0.2) is 65.7 Å². The lowest BCUT2D eigenvalue weighted by atomic mass is 10.1. The molecular formula is C16H13NOS. The molecule has 1 aliphatic rings. The minimum Gasteiger partial charge on any atom is -0.284 e. The van der Waals surface area contributed by atoms with E-state index in [-0.39, 0.29) is 11.2 Å². The summed E-state index contributed by atoms with van der Waals surface area (Å²) in [5.41, 5.74) is 2.18. The molecular weight excluding hydrogens is 254 g/mol. The molecule has 3 rings (SSSR count). The van der Waals surface area contributed by atoms with E-state index in [1.165, 1.54) is 11.8 Å². The summed E-state index contributed by atoms with van der Waals surface area (Å²) in [4.78, 5) is 16.6. The minimum absolute atomic E-state index is 0.141. The normalized spacial score (nSPS) is 18.4. The van der Waals surface area contributed by atoms with Crippen molar-refractivity contribution < 1.29 is 4.79 Å². The Kier molecular flexibility index (Phi) is 3.47. The summed E-state index contributed by atoms with van der Waals surface area (Å²) < 4.78 is 0. The third-order valence-electron chi connectivity index (χ3n) is 3.04. The number of nitrogens with zero attached hydrogens (tertiary/aromatic N) is 1. The maximum absolute atomic E-state index is 12.0. The topological polar surface area (TPSA) is 29.4 Å². The highest BCUT2D eigenvalue weighted by Gasteiger charge is 2.28. The van der Waals surface area contributed by atoms with Crippen LogP contribution < -0.4 is 0 Å². The van der Waals surface area contributed by atoms with E-state index in [1.54, 1.807) is 0 Å². The van der Waals surface area contributed by atoms with Gasteiger partial charge in [0.05, 0.1) is 0 Å². The van der Waals surface area contributed by atoms with Crippen LogP contribution in [0.3, 0.4) is 0 Å². The molecule has 0 amide bonds. The maximum Gasteiger partial charge on any atom is 0.220 e. The maximum atomic E-state index is 12.0. The van der Waals surface area contributed by atoms with Crippen molar-refractivity contribution in [2.75, 3.05) is 0 Å². The van der Waals surface area contributed by atoms with E-state index in [4.69, 9.17) is 0 Å². The molecule has 1 atom stereocenters. The predicted octanol–water partition coefficient (Wildman–Crippen LogP) is 3.32. The van der Waals surface area contributed by atoms with Gasteiger partial charge in [0.25, 0.3) is 0 Å². The van der Waals surface area contributed by atoms with Crippen molar-refractivity contribution >= 4 is 21.9 Å². The molecule has 0 N–H and O–H groups in total. The van der Waals surface area contributed by atoms with Crippen LogP contribution in [-0.4, -0.2) is 16.2 Å². The zero-order valence-corrected chi connectivity index (χ0v) is 11.1. The van der Waals surface area contributed by atoms with E-state index >= 15 is 0 Å². The van der Waals surface area contributed by atoms with E-state index in [1.807, 2.05) is 60.7 Å². The van der Waals surface area contributed by atoms with Crippen molar-refractivity contribution in [2.45, 2.75) is 12.5 Å². The standard InChI is InChI=1S/C16H13NOS/c18-16-14(11-12-7-3-1-4-8-12)17-15(19-16)13-9-5-2-6-10-13/h1-10,14H,11H2/t14-/m1/s1. The summed E-state index contributed by atoms with van der Waals surface area (Å²) in [5.74, 6) is 0. The van der Waals surface area contributed by atoms with Crippen molar-refractivity contribution in [3.63, 3.8) is 0 Å². The number of hydrogen-bond acceptors (Lipinski definition) is 3. The van der Waals surface area contributed by atoms with Gasteiger partial charge in [0.2, 0.25) is 5.12 Å². The molecule has 2 nitrogen and oxygen atoms in total. The van der Waals surface area contributed by atoms with Crippen molar-refractivity contribution in [3.05, 3.63) is 71.8 Å². The van der Waals surface area contributed by atoms with Crippen LogP contribution in [0.2, 0.25) is 0 Å².